The van der Waals surface area contributed by atoms with Gasteiger partial charge in [0.2, 0.25) is 0 Å². The Labute approximate surface area is 101 Å². The molecule has 0 saturated carbocycles. The fourth-order valence-electron chi connectivity index (χ4n) is 1.86. The molecule has 1 heterocycles. The normalized spacial score (nSPS) is 11.0. The Bertz CT molecular complexity index is 734. The van der Waals surface area contributed by atoms with Crippen LogP contribution in [0.15, 0.2) is 36.4 Å². The minimum absolute atomic E-state index is 0.0885. The first-order chi connectivity index (χ1) is 8.65. The van der Waals surface area contributed by atoms with Crippen LogP contribution in [0.1, 0.15) is 0 Å². The Hall–Kier alpha value is -2.43. The van der Waals surface area contributed by atoms with E-state index in [0.29, 0.717) is 16.7 Å². The molecule has 2 aromatic carbocycles. The average molecular weight is 245 g/mol. The number of para-hydroxylation sites is 1. The summed E-state index contributed by atoms with van der Waals surface area (Å²) in [6.45, 7) is 0. The molecule has 3 rings (SSSR count). The van der Waals surface area contributed by atoms with Gasteiger partial charge in [0.25, 0.3) is 0 Å². The summed E-state index contributed by atoms with van der Waals surface area (Å²) in [5.74, 6) is -0.784. The smallest absolute Gasteiger partial charge is 0.141 e. The summed E-state index contributed by atoms with van der Waals surface area (Å²) in [5, 5.41) is 0. The number of imidazole rings is 1. The van der Waals surface area contributed by atoms with Crippen LogP contribution >= 0.6 is 0 Å². The monoisotopic (exact) mass is 245 g/mol. The van der Waals surface area contributed by atoms with Crippen LogP contribution in [0, 0.1) is 11.6 Å². The number of aromatic amines is 1. The third kappa shape index (κ3) is 1.60. The van der Waals surface area contributed by atoms with Crippen molar-refractivity contribution in [2.45, 2.75) is 0 Å². The first-order valence-electron chi connectivity index (χ1n) is 5.35. The van der Waals surface area contributed by atoms with Crippen LogP contribution in [0.5, 0.6) is 0 Å². The van der Waals surface area contributed by atoms with E-state index >= 15 is 0 Å². The Kier molecular flexibility index (Phi) is 2.26. The van der Waals surface area contributed by atoms with E-state index < -0.39 is 11.6 Å². The van der Waals surface area contributed by atoms with Crippen molar-refractivity contribution < 1.29 is 8.78 Å². The van der Waals surface area contributed by atoms with Gasteiger partial charge in [-0.15, -0.1) is 0 Å². The van der Waals surface area contributed by atoms with Gasteiger partial charge in [-0.05, 0) is 30.3 Å². The highest BCUT2D eigenvalue weighted by atomic mass is 19.1. The molecule has 0 aliphatic carbocycles. The number of anilines is 1. The lowest BCUT2D eigenvalue weighted by molar-refractivity contribution is 0.602. The lowest BCUT2D eigenvalue weighted by atomic mass is 10.2. The van der Waals surface area contributed by atoms with Crippen LogP contribution in [0.4, 0.5) is 14.5 Å². The lowest BCUT2D eigenvalue weighted by Gasteiger charge is -1.98. The summed E-state index contributed by atoms with van der Waals surface area (Å²) < 4.78 is 26.8. The molecule has 3 N–H and O–H groups in total. The molecular weight excluding hydrogens is 236 g/mol. The van der Waals surface area contributed by atoms with Crippen LogP contribution in [0.3, 0.4) is 0 Å². The van der Waals surface area contributed by atoms with Crippen molar-refractivity contribution in [1.29, 1.82) is 0 Å². The molecule has 0 bridgehead atoms. The number of benzene rings is 2. The number of halogens is 2. The molecule has 0 aliphatic heterocycles. The zero-order valence-electron chi connectivity index (χ0n) is 9.24. The molecule has 1 aromatic heterocycles. The number of nitrogen functional groups attached to an aromatic ring is 1. The van der Waals surface area contributed by atoms with Gasteiger partial charge in [-0.1, -0.05) is 6.07 Å². The number of fused-ring (bicyclic) bond motifs is 1. The highest BCUT2D eigenvalue weighted by Gasteiger charge is 2.12. The van der Waals surface area contributed by atoms with E-state index in [-0.39, 0.29) is 11.4 Å². The molecule has 0 saturated heterocycles. The minimum Gasteiger partial charge on any atom is -0.397 e. The molecule has 3 nitrogen and oxygen atoms in total. The standard InChI is InChI=1S/C13H9F2N3/c14-7-4-5-9(15)8(6-7)13-17-11-3-1-2-10(16)12(11)18-13/h1-6H,16H2,(H,17,18). The van der Waals surface area contributed by atoms with E-state index in [1.807, 2.05) is 0 Å². The number of aromatic nitrogens is 2. The van der Waals surface area contributed by atoms with Gasteiger partial charge in [0.05, 0.1) is 16.8 Å². The zero-order chi connectivity index (χ0) is 12.7. The van der Waals surface area contributed by atoms with Gasteiger partial charge in [0.15, 0.2) is 0 Å². The van der Waals surface area contributed by atoms with Crippen molar-refractivity contribution in [2.24, 2.45) is 0 Å². The summed E-state index contributed by atoms with van der Waals surface area (Å²) in [7, 11) is 0. The molecule has 0 radical (unpaired) electrons. The second-order valence-corrected chi connectivity index (χ2v) is 3.95. The molecule has 18 heavy (non-hydrogen) atoms. The second-order valence-electron chi connectivity index (χ2n) is 3.95. The number of rotatable bonds is 1. The summed E-state index contributed by atoms with van der Waals surface area (Å²) >= 11 is 0. The number of hydrogen-bond acceptors (Lipinski definition) is 2. The van der Waals surface area contributed by atoms with E-state index in [9.17, 15) is 8.78 Å². The minimum atomic E-state index is -0.533. The predicted octanol–water partition coefficient (Wildman–Crippen LogP) is 3.09. The van der Waals surface area contributed by atoms with Crippen molar-refractivity contribution in [3.05, 3.63) is 48.0 Å². The lowest BCUT2D eigenvalue weighted by Crippen LogP contribution is -1.88. The molecular formula is C13H9F2N3. The number of H-pyrrole nitrogens is 1. The summed E-state index contributed by atoms with van der Waals surface area (Å²) in [6, 6.07) is 8.48. The average Bonchev–Trinajstić information content (AvgIpc) is 2.77. The van der Waals surface area contributed by atoms with Gasteiger partial charge < -0.3 is 10.7 Å². The first-order valence-corrected chi connectivity index (χ1v) is 5.35. The summed E-state index contributed by atoms with van der Waals surface area (Å²) in [6.07, 6.45) is 0. The summed E-state index contributed by atoms with van der Waals surface area (Å²) in [4.78, 5) is 7.12. The van der Waals surface area contributed by atoms with E-state index in [0.717, 1.165) is 18.2 Å². The second kappa shape index (κ2) is 3.80. The van der Waals surface area contributed by atoms with E-state index in [1.54, 1.807) is 18.2 Å². The maximum Gasteiger partial charge on any atom is 0.141 e. The number of hydrogen-bond donors (Lipinski definition) is 2. The molecule has 3 aromatic rings. The quantitative estimate of drug-likeness (QED) is 0.647. The van der Waals surface area contributed by atoms with Crippen molar-refractivity contribution in [2.75, 3.05) is 5.73 Å². The van der Waals surface area contributed by atoms with Gasteiger partial charge in [0.1, 0.15) is 23.0 Å². The third-order valence-electron chi connectivity index (χ3n) is 2.73. The van der Waals surface area contributed by atoms with Crippen LogP contribution in [0.25, 0.3) is 22.4 Å². The van der Waals surface area contributed by atoms with Gasteiger partial charge in [0, 0.05) is 0 Å². The highest BCUT2D eigenvalue weighted by molar-refractivity contribution is 5.89. The van der Waals surface area contributed by atoms with E-state index in [2.05, 4.69) is 9.97 Å². The van der Waals surface area contributed by atoms with Gasteiger partial charge in [-0.3, -0.25) is 0 Å². The third-order valence-corrected chi connectivity index (χ3v) is 2.73. The largest absolute Gasteiger partial charge is 0.397 e. The van der Waals surface area contributed by atoms with Gasteiger partial charge in [-0.2, -0.15) is 0 Å². The fourth-order valence-corrected chi connectivity index (χ4v) is 1.86. The van der Waals surface area contributed by atoms with E-state index in [1.165, 1.54) is 0 Å². The van der Waals surface area contributed by atoms with Crippen LogP contribution in [0.2, 0.25) is 0 Å². The SMILES string of the molecule is Nc1cccc2[nH]c(-c3cc(F)ccc3F)nc12. The summed E-state index contributed by atoms with van der Waals surface area (Å²) in [5.41, 5.74) is 7.59. The van der Waals surface area contributed by atoms with Gasteiger partial charge in [-0.25, -0.2) is 13.8 Å². The van der Waals surface area contributed by atoms with Crippen LogP contribution < -0.4 is 5.73 Å². The van der Waals surface area contributed by atoms with Crippen molar-refractivity contribution >= 4 is 16.7 Å². The zero-order valence-corrected chi connectivity index (χ0v) is 9.24. The number of nitrogens with zero attached hydrogens (tertiary/aromatic N) is 1. The molecule has 0 fully saturated rings. The van der Waals surface area contributed by atoms with Crippen LogP contribution in [-0.4, -0.2) is 9.97 Å². The van der Waals surface area contributed by atoms with E-state index in [4.69, 9.17) is 5.73 Å². The topological polar surface area (TPSA) is 54.7 Å². The molecule has 0 aliphatic rings. The molecule has 0 amide bonds. The Morgan fingerprint density at radius 1 is 1.11 bits per heavy atom. The first kappa shape index (κ1) is 10.7. The van der Waals surface area contributed by atoms with Crippen molar-refractivity contribution in [3.8, 4) is 11.4 Å². The predicted molar refractivity (Wildman–Crippen MR) is 65.9 cm³/mol. The molecule has 0 unspecified atom stereocenters. The van der Waals surface area contributed by atoms with Crippen molar-refractivity contribution in [1.82, 2.24) is 9.97 Å². The Morgan fingerprint density at radius 2 is 1.94 bits per heavy atom. The van der Waals surface area contributed by atoms with Crippen LogP contribution in [-0.2, 0) is 0 Å². The number of nitrogens with one attached hydrogen (secondary N) is 1. The maximum atomic E-state index is 13.6. The molecule has 0 spiro atoms. The Balaban J connectivity index is 2.26. The van der Waals surface area contributed by atoms with Crippen molar-refractivity contribution in [3.63, 3.8) is 0 Å². The molecule has 5 heteroatoms. The maximum absolute atomic E-state index is 13.6. The Morgan fingerprint density at radius 3 is 2.72 bits per heavy atom. The van der Waals surface area contributed by atoms with Gasteiger partial charge >= 0.3 is 0 Å². The molecule has 0 atom stereocenters. The molecule has 90 valence electrons. The fraction of sp³-hybridized carbons (Fsp3) is 0. The highest BCUT2D eigenvalue weighted by Crippen LogP contribution is 2.26. The number of nitrogens with two attached hydrogens (primary N) is 1.